The fraction of sp³-hybridized carbons (Fsp3) is 0.222. The van der Waals surface area contributed by atoms with Crippen LogP contribution in [0.15, 0.2) is 35.0 Å². The number of aromatic amines is 1. The van der Waals surface area contributed by atoms with Gasteiger partial charge < -0.3 is 23.7 Å². The summed E-state index contributed by atoms with van der Waals surface area (Å²) in [6.07, 6.45) is 1.44. The molecule has 0 bridgehead atoms. The van der Waals surface area contributed by atoms with E-state index in [1.165, 1.54) is 26.3 Å². The minimum absolute atomic E-state index is 0.120. The minimum Gasteiger partial charge on any atom is -0.497 e. The van der Waals surface area contributed by atoms with E-state index in [-0.39, 0.29) is 24.0 Å². The van der Waals surface area contributed by atoms with Crippen LogP contribution in [0.5, 0.6) is 11.5 Å². The van der Waals surface area contributed by atoms with Gasteiger partial charge in [0.05, 0.1) is 19.8 Å². The van der Waals surface area contributed by atoms with Gasteiger partial charge in [0, 0.05) is 17.8 Å². The third-order valence-electron chi connectivity index (χ3n) is 3.75. The summed E-state index contributed by atoms with van der Waals surface area (Å²) in [4.78, 5) is 30.2. The van der Waals surface area contributed by atoms with Crippen LogP contribution in [0, 0.1) is 0 Å². The van der Waals surface area contributed by atoms with Crippen molar-refractivity contribution in [1.82, 2.24) is 15.1 Å². The highest BCUT2D eigenvalue weighted by Crippen LogP contribution is 2.31. The van der Waals surface area contributed by atoms with Crippen LogP contribution in [0.4, 0.5) is 0 Å². The molecule has 2 aromatic heterocycles. The normalized spacial score (nSPS) is 10.5. The molecule has 9 heteroatoms. The van der Waals surface area contributed by atoms with E-state index in [9.17, 15) is 9.59 Å². The van der Waals surface area contributed by atoms with E-state index in [0.717, 1.165) is 0 Å². The standard InChI is InChI=1S/C18H17N3O6/c1-10(22)11-6-14(19-8-11)18(23)26-9-16-20-17(21-27-16)13-5-4-12(24-2)7-15(13)25-3/h4-8,19H,9H2,1-3H3. The van der Waals surface area contributed by atoms with E-state index >= 15 is 0 Å². The number of esters is 1. The number of H-pyrrole nitrogens is 1. The maximum Gasteiger partial charge on any atom is 0.355 e. The second kappa shape index (κ2) is 7.73. The van der Waals surface area contributed by atoms with E-state index in [1.807, 2.05) is 0 Å². The van der Waals surface area contributed by atoms with Gasteiger partial charge >= 0.3 is 5.97 Å². The van der Waals surface area contributed by atoms with Crippen LogP contribution in [0.1, 0.15) is 33.7 Å². The predicted molar refractivity (Wildman–Crippen MR) is 92.8 cm³/mol. The molecule has 0 saturated carbocycles. The van der Waals surface area contributed by atoms with Gasteiger partial charge in [-0.2, -0.15) is 4.98 Å². The van der Waals surface area contributed by atoms with Gasteiger partial charge in [-0.05, 0) is 25.1 Å². The molecule has 1 aromatic carbocycles. The van der Waals surface area contributed by atoms with Crippen LogP contribution < -0.4 is 9.47 Å². The third-order valence-corrected chi connectivity index (χ3v) is 3.75. The summed E-state index contributed by atoms with van der Waals surface area (Å²) in [6, 6.07) is 6.60. The molecule has 140 valence electrons. The maximum atomic E-state index is 12.0. The molecule has 3 aromatic rings. The number of carbonyl (C=O) groups is 2. The summed E-state index contributed by atoms with van der Waals surface area (Å²) in [5.41, 5.74) is 1.17. The number of carbonyl (C=O) groups excluding carboxylic acids is 2. The number of hydrogen-bond donors (Lipinski definition) is 1. The Bertz CT molecular complexity index is 975. The summed E-state index contributed by atoms with van der Waals surface area (Å²) in [5, 5.41) is 3.88. The lowest BCUT2D eigenvalue weighted by molar-refractivity contribution is 0.0423. The van der Waals surface area contributed by atoms with Crippen LogP contribution in [0.2, 0.25) is 0 Å². The number of ether oxygens (including phenoxy) is 3. The number of aromatic nitrogens is 3. The Morgan fingerprint density at radius 1 is 1.19 bits per heavy atom. The van der Waals surface area contributed by atoms with Crippen LogP contribution in [0.25, 0.3) is 11.4 Å². The number of Topliss-reactive ketones (excluding diaryl/α,β-unsaturated/α-hetero) is 1. The van der Waals surface area contributed by atoms with E-state index in [4.69, 9.17) is 18.7 Å². The molecule has 0 saturated heterocycles. The van der Waals surface area contributed by atoms with Crippen molar-refractivity contribution in [1.29, 1.82) is 0 Å². The number of rotatable bonds is 7. The van der Waals surface area contributed by atoms with Crippen LogP contribution in [-0.4, -0.2) is 41.1 Å². The monoisotopic (exact) mass is 371 g/mol. The fourth-order valence-electron chi connectivity index (χ4n) is 2.33. The van der Waals surface area contributed by atoms with Gasteiger partial charge in [-0.1, -0.05) is 5.16 Å². The van der Waals surface area contributed by atoms with Crippen LogP contribution in [0.3, 0.4) is 0 Å². The van der Waals surface area contributed by atoms with Crippen LogP contribution in [-0.2, 0) is 11.3 Å². The highest BCUT2D eigenvalue weighted by atomic mass is 16.6. The largest absolute Gasteiger partial charge is 0.497 e. The summed E-state index contributed by atoms with van der Waals surface area (Å²) >= 11 is 0. The zero-order valence-corrected chi connectivity index (χ0v) is 14.9. The lowest BCUT2D eigenvalue weighted by atomic mass is 10.2. The van der Waals surface area contributed by atoms with E-state index in [1.54, 1.807) is 25.3 Å². The van der Waals surface area contributed by atoms with Crippen molar-refractivity contribution in [3.63, 3.8) is 0 Å². The molecule has 0 unspecified atom stereocenters. The fourth-order valence-corrected chi connectivity index (χ4v) is 2.33. The molecule has 0 fully saturated rings. The zero-order valence-electron chi connectivity index (χ0n) is 14.9. The Morgan fingerprint density at radius 3 is 2.67 bits per heavy atom. The first-order chi connectivity index (χ1) is 13.0. The average Bonchev–Trinajstić information content (AvgIpc) is 3.35. The molecule has 9 nitrogen and oxygen atoms in total. The molecule has 0 aliphatic carbocycles. The Kier molecular flexibility index (Phi) is 5.20. The number of ketones is 1. The quantitative estimate of drug-likeness (QED) is 0.498. The Hall–Kier alpha value is -3.62. The number of nitrogens with one attached hydrogen (secondary N) is 1. The number of methoxy groups -OCH3 is 2. The van der Waals surface area contributed by atoms with E-state index in [0.29, 0.717) is 28.5 Å². The first kappa shape index (κ1) is 18.2. The lowest BCUT2D eigenvalue weighted by Crippen LogP contribution is -2.05. The Morgan fingerprint density at radius 2 is 2.00 bits per heavy atom. The molecular formula is C18H17N3O6. The highest BCUT2D eigenvalue weighted by Gasteiger charge is 2.17. The Balaban J connectivity index is 1.69. The van der Waals surface area contributed by atoms with Crippen molar-refractivity contribution in [3.05, 3.63) is 47.6 Å². The molecule has 3 rings (SSSR count). The van der Waals surface area contributed by atoms with Gasteiger partial charge in [-0.3, -0.25) is 4.79 Å². The maximum absolute atomic E-state index is 12.0. The topological polar surface area (TPSA) is 117 Å². The summed E-state index contributed by atoms with van der Waals surface area (Å²) in [7, 11) is 3.07. The molecule has 27 heavy (non-hydrogen) atoms. The molecule has 1 N–H and O–H groups in total. The van der Waals surface area contributed by atoms with Gasteiger partial charge in [0.2, 0.25) is 5.82 Å². The molecule has 0 amide bonds. The second-order valence-corrected chi connectivity index (χ2v) is 5.51. The van der Waals surface area contributed by atoms with Gasteiger partial charge in [-0.25, -0.2) is 4.79 Å². The SMILES string of the molecule is COc1ccc(-c2noc(COC(=O)c3cc(C(C)=O)c[nH]3)n2)c(OC)c1. The summed E-state index contributed by atoms with van der Waals surface area (Å²) in [6.45, 7) is 1.20. The molecule has 2 heterocycles. The predicted octanol–water partition coefficient (Wildman–Crippen LogP) is 2.64. The summed E-state index contributed by atoms with van der Waals surface area (Å²) in [5.74, 6) is 0.768. The van der Waals surface area contributed by atoms with Gasteiger partial charge in [0.15, 0.2) is 12.4 Å². The lowest BCUT2D eigenvalue weighted by Gasteiger charge is -2.07. The van der Waals surface area contributed by atoms with E-state index < -0.39 is 5.97 Å². The molecule has 0 aliphatic rings. The minimum atomic E-state index is -0.635. The van der Waals surface area contributed by atoms with Crippen LogP contribution >= 0.6 is 0 Å². The zero-order chi connectivity index (χ0) is 19.4. The van der Waals surface area contributed by atoms with E-state index in [2.05, 4.69) is 15.1 Å². The molecule has 0 radical (unpaired) electrons. The van der Waals surface area contributed by atoms with Crippen molar-refractivity contribution in [3.8, 4) is 22.9 Å². The highest BCUT2D eigenvalue weighted by molar-refractivity contribution is 5.97. The first-order valence-electron chi connectivity index (χ1n) is 7.93. The summed E-state index contributed by atoms with van der Waals surface area (Å²) < 4.78 is 20.7. The average molecular weight is 371 g/mol. The third kappa shape index (κ3) is 3.97. The van der Waals surface area contributed by atoms with Crippen molar-refractivity contribution >= 4 is 11.8 Å². The van der Waals surface area contributed by atoms with Crippen molar-refractivity contribution in [2.45, 2.75) is 13.5 Å². The van der Waals surface area contributed by atoms with Gasteiger partial charge in [0.25, 0.3) is 5.89 Å². The van der Waals surface area contributed by atoms with Crippen molar-refractivity contribution in [2.75, 3.05) is 14.2 Å². The molecular weight excluding hydrogens is 354 g/mol. The number of hydrogen-bond acceptors (Lipinski definition) is 8. The molecule has 0 atom stereocenters. The van der Waals surface area contributed by atoms with Crippen molar-refractivity contribution < 1.29 is 28.3 Å². The van der Waals surface area contributed by atoms with Crippen molar-refractivity contribution in [2.24, 2.45) is 0 Å². The second-order valence-electron chi connectivity index (χ2n) is 5.51. The smallest absolute Gasteiger partial charge is 0.355 e. The molecule has 0 spiro atoms. The van der Waals surface area contributed by atoms with Gasteiger partial charge in [0.1, 0.15) is 17.2 Å². The number of nitrogens with zero attached hydrogens (tertiary/aromatic N) is 2. The number of benzene rings is 1. The Labute approximate surface area is 154 Å². The van der Waals surface area contributed by atoms with Gasteiger partial charge in [-0.15, -0.1) is 0 Å². The molecule has 0 aliphatic heterocycles. The first-order valence-corrected chi connectivity index (χ1v) is 7.93.